The second-order valence-corrected chi connectivity index (χ2v) is 12.3. The molecule has 6 heteroatoms. The number of hydrogen-bond donors (Lipinski definition) is 2. The van der Waals surface area contributed by atoms with Gasteiger partial charge >= 0.3 is 0 Å². The molecule has 36 heavy (non-hydrogen) atoms. The summed E-state index contributed by atoms with van der Waals surface area (Å²) < 4.78 is 5.98. The van der Waals surface area contributed by atoms with Crippen LogP contribution in [-0.4, -0.2) is 16.0 Å². The number of rotatable bonds is 6. The number of nitrogens with one attached hydrogen (secondary N) is 2. The predicted octanol–water partition coefficient (Wildman–Crippen LogP) is 6.72. The van der Waals surface area contributed by atoms with E-state index in [-0.39, 0.29) is 11.3 Å². The van der Waals surface area contributed by atoms with Crippen molar-refractivity contribution in [1.29, 1.82) is 0 Å². The first-order valence-corrected chi connectivity index (χ1v) is 13.8. The molecule has 1 heterocycles. The Hall–Kier alpha value is -2.73. The summed E-state index contributed by atoms with van der Waals surface area (Å²) in [4.78, 5) is 17.5. The van der Waals surface area contributed by atoms with Crippen molar-refractivity contribution in [3.63, 3.8) is 0 Å². The topological polar surface area (TPSA) is 67.2 Å². The highest BCUT2D eigenvalue weighted by atomic mass is 32.1. The van der Waals surface area contributed by atoms with Crippen molar-refractivity contribution in [3.8, 4) is 11.5 Å². The molecule has 2 aromatic carbocycles. The lowest BCUT2D eigenvalue weighted by Gasteiger charge is -2.56. The van der Waals surface area contributed by atoms with Crippen molar-refractivity contribution in [2.24, 2.45) is 23.2 Å². The number of oxazole rings is 1. The maximum atomic E-state index is 12.8. The van der Waals surface area contributed by atoms with Crippen LogP contribution in [0, 0.1) is 23.2 Å². The second kappa shape index (κ2) is 9.29. The number of carbonyl (C=O) groups is 1. The number of fused-ring (bicyclic) bond motifs is 1. The van der Waals surface area contributed by atoms with E-state index in [1.165, 1.54) is 44.1 Å². The molecule has 4 saturated carbocycles. The molecular weight excluding hydrogens is 466 g/mol. The molecule has 0 aliphatic heterocycles. The highest BCUT2D eigenvalue weighted by molar-refractivity contribution is 7.80. The highest BCUT2D eigenvalue weighted by Crippen LogP contribution is 2.61. The van der Waals surface area contributed by atoms with Crippen molar-refractivity contribution >= 4 is 34.3 Å². The summed E-state index contributed by atoms with van der Waals surface area (Å²) in [7, 11) is 0. The van der Waals surface area contributed by atoms with E-state index in [1.807, 2.05) is 30.3 Å². The molecule has 5 nitrogen and oxygen atoms in total. The minimum Gasteiger partial charge on any atom is -0.436 e. The van der Waals surface area contributed by atoms with E-state index < -0.39 is 0 Å². The molecule has 188 valence electrons. The fourth-order valence-corrected chi connectivity index (χ4v) is 7.62. The first kappa shape index (κ1) is 23.7. The maximum absolute atomic E-state index is 12.8. The number of hydrogen-bond acceptors (Lipinski definition) is 4. The fraction of sp³-hybridized carbons (Fsp3) is 0.500. The average Bonchev–Trinajstić information content (AvgIpc) is 3.25. The van der Waals surface area contributed by atoms with Gasteiger partial charge in [0.15, 0.2) is 10.7 Å². The monoisotopic (exact) mass is 501 g/mol. The molecule has 3 aromatic rings. The molecule has 2 N–H and O–H groups in total. The SMILES string of the molecule is CC(C)c1ccc2oc(-c3ccc(CNC(=S)NC(=O)CC45CC6CC(CC(C6)C4)C5)cc3)nc2c1. The zero-order chi connectivity index (χ0) is 24.9. The van der Waals surface area contributed by atoms with Gasteiger partial charge in [0.1, 0.15) is 5.52 Å². The van der Waals surface area contributed by atoms with Gasteiger partial charge in [-0.1, -0.05) is 32.0 Å². The minimum absolute atomic E-state index is 0.0707. The van der Waals surface area contributed by atoms with E-state index in [0.29, 0.717) is 29.9 Å². The number of carbonyl (C=O) groups excluding carboxylic acids is 1. The predicted molar refractivity (Wildman–Crippen MR) is 146 cm³/mol. The zero-order valence-electron chi connectivity index (χ0n) is 21.2. The molecule has 4 fully saturated rings. The summed E-state index contributed by atoms with van der Waals surface area (Å²) in [6.07, 6.45) is 8.51. The van der Waals surface area contributed by atoms with Crippen molar-refractivity contribution in [2.75, 3.05) is 0 Å². The molecule has 0 unspecified atom stereocenters. The lowest BCUT2D eigenvalue weighted by Crippen LogP contribution is -2.49. The first-order valence-electron chi connectivity index (χ1n) is 13.4. The number of benzene rings is 2. The molecule has 4 bridgehead atoms. The van der Waals surface area contributed by atoms with Gasteiger partial charge < -0.3 is 15.1 Å². The summed E-state index contributed by atoms with van der Waals surface area (Å²) in [6, 6.07) is 14.3. The number of thiocarbonyl (C=S) groups is 1. The van der Waals surface area contributed by atoms with Crippen LogP contribution in [0.1, 0.15) is 75.8 Å². The summed E-state index contributed by atoms with van der Waals surface area (Å²) in [6.45, 7) is 4.91. The Morgan fingerprint density at radius 1 is 1.06 bits per heavy atom. The number of aromatic nitrogens is 1. The van der Waals surface area contributed by atoms with E-state index in [4.69, 9.17) is 16.6 Å². The van der Waals surface area contributed by atoms with Crippen LogP contribution < -0.4 is 10.6 Å². The van der Waals surface area contributed by atoms with Crippen LogP contribution in [0.2, 0.25) is 0 Å². The van der Waals surface area contributed by atoms with Crippen LogP contribution in [0.25, 0.3) is 22.6 Å². The third-order valence-electron chi connectivity index (χ3n) is 8.69. The second-order valence-electron chi connectivity index (χ2n) is 11.9. The zero-order valence-corrected chi connectivity index (χ0v) is 22.0. The Morgan fingerprint density at radius 3 is 2.36 bits per heavy atom. The molecule has 7 rings (SSSR count). The minimum atomic E-state index is 0.0707. The molecule has 1 amide bonds. The van der Waals surface area contributed by atoms with E-state index in [0.717, 1.165) is 40.0 Å². The molecule has 0 atom stereocenters. The Bertz CT molecular complexity index is 1260. The van der Waals surface area contributed by atoms with Crippen molar-refractivity contribution < 1.29 is 9.21 Å². The van der Waals surface area contributed by atoms with E-state index in [2.05, 4.69) is 41.6 Å². The summed E-state index contributed by atoms with van der Waals surface area (Å²) in [5.74, 6) is 3.70. The Kier molecular flexibility index (Phi) is 6.11. The summed E-state index contributed by atoms with van der Waals surface area (Å²) in [5, 5.41) is 6.55. The van der Waals surface area contributed by atoms with E-state index in [9.17, 15) is 4.79 Å². The van der Waals surface area contributed by atoms with Gasteiger partial charge in [0, 0.05) is 18.5 Å². The summed E-state index contributed by atoms with van der Waals surface area (Å²) in [5.41, 5.74) is 5.18. The Labute approximate surface area is 218 Å². The molecule has 4 aliphatic rings. The molecule has 1 aromatic heterocycles. The van der Waals surface area contributed by atoms with Gasteiger partial charge in [0.05, 0.1) is 0 Å². The molecule has 0 radical (unpaired) electrons. The molecule has 0 spiro atoms. The van der Waals surface area contributed by atoms with Crippen LogP contribution in [0.3, 0.4) is 0 Å². The normalized spacial score (nSPS) is 26.5. The molecule has 4 aliphatic carbocycles. The summed E-state index contributed by atoms with van der Waals surface area (Å²) >= 11 is 5.44. The quantitative estimate of drug-likeness (QED) is 0.367. The lowest BCUT2D eigenvalue weighted by molar-refractivity contribution is -0.128. The van der Waals surface area contributed by atoms with Crippen molar-refractivity contribution in [2.45, 2.75) is 71.3 Å². The number of amides is 1. The number of nitrogens with zero attached hydrogens (tertiary/aromatic N) is 1. The van der Waals surface area contributed by atoms with E-state index >= 15 is 0 Å². The molecule has 0 saturated heterocycles. The van der Waals surface area contributed by atoms with Gasteiger partial charge in [0.25, 0.3) is 0 Å². The van der Waals surface area contributed by atoms with Crippen molar-refractivity contribution in [3.05, 3.63) is 53.6 Å². The van der Waals surface area contributed by atoms with Crippen molar-refractivity contribution in [1.82, 2.24) is 15.6 Å². The lowest BCUT2D eigenvalue weighted by atomic mass is 9.49. The van der Waals surface area contributed by atoms with Crippen LogP contribution >= 0.6 is 12.2 Å². The van der Waals surface area contributed by atoms with E-state index in [1.54, 1.807) is 0 Å². The molecular formula is C30H35N3O2S. The third kappa shape index (κ3) is 4.80. The smallest absolute Gasteiger partial charge is 0.227 e. The van der Waals surface area contributed by atoms with Crippen LogP contribution in [-0.2, 0) is 11.3 Å². The van der Waals surface area contributed by atoms with Crippen LogP contribution in [0.15, 0.2) is 46.9 Å². The first-order chi connectivity index (χ1) is 17.3. The largest absolute Gasteiger partial charge is 0.436 e. The standard InChI is InChI=1S/C30H35N3O2S/c1-18(2)24-7-8-26-25(12-24)32-28(35-26)23-5-3-19(4-6-23)17-31-29(36)33-27(34)16-30-13-20-9-21(14-30)11-22(10-20)15-30/h3-8,12,18,20-22H,9-11,13-17H2,1-2H3,(H2,31,33,34,36). The highest BCUT2D eigenvalue weighted by Gasteiger charge is 2.51. The van der Waals surface area contributed by atoms with Crippen LogP contribution in [0.4, 0.5) is 0 Å². The van der Waals surface area contributed by atoms with Gasteiger partial charge in [-0.3, -0.25) is 4.79 Å². The van der Waals surface area contributed by atoms with Crippen LogP contribution in [0.5, 0.6) is 0 Å². The third-order valence-corrected chi connectivity index (χ3v) is 8.93. The fourth-order valence-electron chi connectivity index (χ4n) is 7.44. The van der Waals surface area contributed by atoms with Gasteiger partial charge in [-0.25, -0.2) is 4.98 Å². The van der Waals surface area contributed by atoms with Gasteiger partial charge in [0.2, 0.25) is 11.8 Å². The van der Waals surface area contributed by atoms with Gasteiger partial charge in [-0.2, -0.15) is 0 Å². The average molecular weight is 502 g/mol. The Balaban J connectivity index is 1.02. The van der Waals surface area contributed by atoms with Gasteiger partial charge in [-0.15, -0.1) is 0 Å². The van der Waals surface area contributed by atoms with Gasteiger partial charge in [-0.05, 0) is 115 Å². The Morgan fingerprint density at radius 2 is 1.72 bits per heavy atom. The maximum Gasteiger partial charge on any atom is 0.227 e.